The second kappa shape index (κ2) is 2.10. The van der Waals surface area contributed by atoms with Crippen molar-refractivity contribution in [2.45, 2.75) is 18.1 Å². The van der Waals surface area contributed by atoms with Crippen molar-refractivity contribution in [3.63, 3.8) is 0 Å². The number of hydrogen-bond acceptors (Lipinski definition) is 1. The molecule has 0 amide bonds. The minimum Gasteiger partial charge on any atom is -0.366 e. The third-order valence-electron chi connectivity index (χ3n) is 7.93. The first kappa shape index (κ1) is 8.37. The largest absolute Gasteiger partial charge is 0.366 e. The second-order valence-corrected chi connectivity index (χ2v) is 7.67. The van der Waals surface area contributed by atoms with Gasteiger partial charge in [-0.2, -0.15) is 0 Å². The van der Waals surface area contributed by atoms with Gasteiger partial charge in [0, 0.05) is 11.8 Å². The van der Waals surface area contributed by atoms with E-state index in [1.54, 1.807) is 6.42 Å². The molecule has 7 fully saturated rings. The zero-order valence-electron chi connectivity index (χ0n) is 10.2. The van der Waals surface area contributed by atoms with E-state index in [0.717, 1.165) is 47.3 Å². The van der Waals surface area contributed by atoms with Crippen LogP contribution in [0.1, 0.15) is 12.0 Å². The number of ether oxygens (including phenoxy) is 1. The fraction of sp³-hybridized carbons (Fsp3) is 0.647. The van der Waals surface area contributed by atoms with Gasteiger partial charge in [-0.05, 0) is 47.5 Å². The maximum atomic E-state index is 6.74. The Bertz CT molecular complexity index is 585. The number of rotatable bonds is 1. The molecule has 4 bridgehead atoms. The Morgan fingerprint density at radius 1 is 0.889 bits per heavy atom. The predicted octanol–water partition coefficient (Wildman–Crippen LogP) is 2.67. The molecule has 2 saturated heterocycles. The van der Waals surface area contributed by atoms with Crippen LogP contribution in [0.3, 0.4) is 0 Å². The molecule has 5 saturated carbocycles. The molecule has 0 N–H and O–H groups in total. The summed E-state index contributed by atoms with van der Waals surface area (Å²) in [4.78, 5) is 0. The zero-order chi connectivity index (χ0) is 11.2. The highest BCUT2D eigenvalue weighted by Gasteiger charge is 2.92. The SMILES string of the molecule is c1ccc([C@]23O[C@H]4[C@@H]5[C@H]6[C@@H]7C[C@H]([C@H]6[C@H]52)[C@@H]3[C@H]74)cc1. The maximum Gasteiger partial charge on any atom is 0.100 e. The van der Waals surface area contributed by atoms with Gasteiger partial charge < -0.3 is 4.74 Å². The van der Waals surface area contributed by atoms with E-state index in [2.05, 4.69) is 30.3 Å². The standard InChI is InChI=1S/C17H16O/c1-2-4-7(5-3-1)17-14-9-6-8-10-11(9)15(17)13(10)16(18-17)12(8)14/h1-5,8-16H,6H2/t8-,9+,10-,11+,12-,13+,14+,15+,16+,17+/m0/s1. The first-order chi connectivity index (χ1) is 8.93. The molecule has 2 aliphatic heterocycles. The van der Waals surface area contributed by atoms with Crippen molar-refractivity contribution in [1.29, 1.82) is 0 Å². The van der Waals surface area contributed by atoms with Crippen molar-refractivity contribution in [2.24, 2.45) is 47.3 Å². The molecule has 0 unspecified atom stereocenters. The van der Waals surface area contributed by atoms with Gasteiger partial charge in [0.05, 0.1) is 6.10 Å². The highest BCUT2D eigenvalue weighted by atomic mass is 16.5. The Morgan fingerprint density at radius 3 is 2.67 bits per heavy atom. The summed E-state index contributed by atoms with van der Waals surface area (Å²) < 4.78 is 6.74. The van der Waals surface area contributed by atoms with Gasteiger partial charge in [-0.15, -0.1) is 0 Å². The molecule has 1 heteroatoms. The van der Waals surface area contributed by atoms with E-state index in [4.69, 9.17) is 4.74 Å². The summed E-state index contributed by atoms with van der Waals surface area (Å²) in [5, 5.41) is 0. The Hall–Kier alpha value is -0.820. The van der Waals surface area contributed by atoms with E-state index in [1.165, 1.54) is 5.56 Å². The van der Waals surface area contributed by atoms with E-state index in [9.17, 15) is 0 Å². The maximum absolute atomic E-state index is 6.74. The van der Waals surface area contributed by atoms with Gasteiger partial charge in [-0.25, -0.2) is 0 Å². The summed E-state index contributed by atoms with van der Waals surface area (Å²) in [5.41, 5.74) is 1.70. The summed E-state index contributed by atoms with van der Waals surface area (Å²) in [6, 6.07) is 11.2. The summed E-state index contributed by atoms with van der Waals surface area (Å²) in [6.07, 6.45) is 2.23. The lowest BCUT2D eigenvalue weighted by Crippen LogP contribution is -2.47. The molecule has 1 aromatic rings. The lowest BCUT2D eigenvalue weighted by Gasteiger charge is -2.46. The second-order valence-electron chi connectivity index (χ2n) is 7.67. The van der Waals surface area contributed by atoms with Crippen LogP contribution < -0.4 is 0 Å². The molecule has 0 aromatic heterocycles. The Balaban J connectivity index is 1.58. The first-order valence-electron chi connectivity index (χ1n) is 7.66. The van der Waals surface area contributed by atoms with Crippen LogP contribution in [0.4, 0.5) is 0 Å². The van der Waals surface area contributed by atoms with E-state index in [1.807, 2.05) is 0 Å². The molecule has 0 radical (unpaired) electrons. The van der Waals surface area contributed by atoms with Gasteiger partial charge >= 0.3 is 0 Å². The van der Waals surface area contributed by atoms with Crippen LogP contribution in [-0.4, -0.2) is 6.10 Å². The fourth-order valence-corrected chi connectivity index (χ4v) is 8.17. The van der Waals surface area contributed by atoms with Gasteiger partial charge in [-0.1, -0.05) is 30.3 Å². The van der Waals surface area contributed by atoms with Gasteiger partial charge in [0.25, 0.3) is 0 Å². The van der Waals surface area contributed by atoms with Crippen molar-refractivity contribution in [2.75, 3.05) is 0 Å². The highest BCUT2D eigenvalue weighted by Crippen LogP contribution is 2.92. The van der Waals surface area contributed by atoms with Crippen LogP contribution in [0.15, 0.2) is 30.3 Å². The van der Waals surface area contributed by atoms with Crippen molar-refractivity contribution >= 4 is 0 Å². The Kier molecular flexibility index (Phi) is 0.975. The van der Waals surface area contributed by atoms with Gasteiger partial charge in [0.2, 0.25) is 0 Å². The van der Waals surface area contributed by atoms with Crippen LogP contribution in [0, 0.1) is 47.3 Å². The Labute approximate surface area is 107 Å². The minimum atomic E-state index is 0.179. The van der Waals surface area contributed by atoms with E-state index in [-0.39, 0.29) is 5.60 Å². The molecule has 7 aliphatic rings. The first-order valence-corrected chi connectivity index (χ1v) is 7.66. The fourth-order valence-electron chi connectivity index (χ4n) is 8.17. The third-order valence-corrected chi connectivity index (χ3v) is 7.93. The molecular formula is C17H16O. The van der Waals surface area contributed by atoms with Gasteiger partial charge in [-0.3, -0.25) is 0 Å². The van der Waals surface area contributed by atoms with Crippen LogP contribution >= 0.6 is 0 Å². The lowest BCUT2D eigenvalue weighted by atomic mass is 9.56. The quantitative estimate of drug-likeness (QED) is 0.728. The van der Waals surface area contributed by atoms with Crippen LogP contribution in [0.25, 0.3) is 0 Å². The molecule has 90 valence electrons. The molecule has 0 spiro atoms. The normalized spacial score (nSPS) is 70.6. The molecule has 1 nitrogen and oxygen atoms in total. The van der Waals surface area contributed by atoms with E-state index in [0.29, 0.717) is 6.10 Å². The molecule has 1 aromatic carbocycles. The summed E-state index contributed by atoms with van der Waals surface area (Å²) in [5.74, 6) is 8.01. The number of benzene rings is 1. The molecule has 2 heterocycles. The van der Waals surface area contributed by atoms with E-state index >= 15 is 0 Å². The topological polar surface area (TPSA) is 9.23 Å². The Morgan fingerprint density at radius 2 is 1.78 bits per heavy atom. The van der Waals surface area contributed by atoms with E-state index < -0.39 is 0 Å². The molecule has 5 aliphatic carbocycles. The molecule has 8 rings (SSSR count). The van der Waals surface area contributed by atoms with Crippen LogP contribution in [0.2, 0.25) is 0 Å². The zero-order valence-corrected chi connectivity index (χ0v) is 10.2. The number of hydrogen-bond donors (Lipinski definition) is 0. The summed E-state index contributed by atoms with van der Waals surface area (Å²) >= 11 is 0. The van der Waals surface area contributed by atoms with Gasteiger partial charge in [0.1, 0.15) is 5.60 Å². The predicted molar refractivity (Wildman–Crippen MR) is 65.5 cm³/mol. The molecular weight excluding hydrogens is 220 g/mol. The minimum absolute atomic E-state index is 0.179. The molecule has 18 heavy (non-hydrogen) atoms. The average molecular weight is 236 g/mol. The molecule has 10 atom stereocenters. The van der Waals surface area contributed by atoms with Crippen LogP contribution in [-0.2, 0) is 10.3 Å². The van der Waals surface area contributed by atoms with Crippen molar-refractivity contribution < 1.29 is 4.74 Å². The summed E-state index contributed by atoms with van der Waals surface area (Å²) in [7, 11) is 0. The monoisotopic (exact) mass is 236 g/mol. The smallest absolute Gasteiger partial charge is 0.100 e. The average Bonchev–Trinajstić information content (AvgIpc) is 3.01. The van der Waals surface area contributed by atoms with Gasteiger partial charge in [0.15, 0.2) is 0 Å². The van der Waals surface area contributed by atoms with Crippen molar-refractivity contribution in [3.05, 3.63) is 35.9 Å². The highest BCUT2D eigenvalue weighted by molar-refractivity contribution is 5.44. The summed E-state index contributed by atoms with van der Waals surface area (Å²) in [6.45, 7) is 0. The van der Waals surface area contributed by atoms with Crippen LogP contribution in [0.5, 0.6) is 0 Å². The third kappa shape index (κ3) is 0.499. The lowest BCUT2D eigenvalue weighted by molar-refractivity contribution is -0.0356. The van der Waals surface area contributed by atoms with Crippen molar-refractivity contribution in [1.82, 2.24) is 0 Å². The van der Waals surface area contributed by atoms with Crippen molar-refractivity contribution in [3.8, 4) is 0 Å².